The van der Waals surface area contributed by atoms with Crippen LogP contribution in [0.25, 0.3) is 0 Å². The highest BCUT2D eigenvalue weighted by Crippen LogP contribution is 2.22. The second kappa shape index (κ2) is 7.27. The van der Waals surface area contributed by atoms with Crippen LogP contribution in [0.5, 0.6) is 0 Å². The number of urea groups is 1. The quantitative estimate of drug-likeness (QED) is 0.798. The minimum absolute atomic E-state index is 0.0195. The van der Waals surface area contributed by atoms with Gasteiger partial charge in [0.25, 0.3) is 0 Å². The molecule has 4 amide bonds. The Kier molecular flexibility index (Phi) is 5.06. The number of amides is 4. The first-order valence-corrected chi connectivity index (χ1v) is 8.41. The maximum atomic E-state index is 13.4. The Bertz CT molecular complexity index is 735. The summed E-state index contributed by atoms with van der Waals surface area (Å²) < 4.78 is 26.4. The summed E-state index contributed by atoms with van der Waals surface area (Å²) in [4.78, 5) is 42.2. The molecule has 1 aromatic carbocycles. The van der Waals surface area contributed by atoms with Gasteiger partial charge in [-0.2, -0.15) is 0 Å². The van der Waals surface area contributed by atoms with Gasteiger partial charge in [0.1, 0.15) is 6.54 Å². The summed E-state index contributed by atoms with van der Waals surface area (Å²) in [5, 5.41) is 0. The zero-order valence-electron chi connectivity index (χ0n) is 14.5. The first-order chi connectivity index (χ1) is 12.4. The van der Waals surface area contributed by atoms with Gasteiger partial charge in [0, 0.05) is 57.9 Å². The van der Waals surface area contributed by atoms with Crippen molar-refractivity contribution in [2.24, 2.45) is 0 Å². The molecule has 0 atom stereocenters. The van der Waals surface area contributed by atoms with E-state index in [1.807, 2.05) is 0 Å². The van der Waals surface area contributed by atoms with Crippen molar-refractivity contribution in [1.82, 2.24) is 14.7 Å². The van der Waals surface area contributed by atoms with Gasteiger partial charge in [0.05, 0.1) is 0 Å². The number of carbonyl (C=O) groups excluding carboxylic acids is 3. The van der Waals surface area contributed by atoms with E-state index in [0.717, 1.165) is 12.1 Å². The fraction of sp³-hybridized carbons (Fsp3) is 0.471. The van der Waals surface area contributed by atoms with Crippen molar-refractivity contribution < 1.29 is 23.2 Å². The fourth-order valence-electron chi connectivity index (χ4n) is 3.16. The molecule has 2 saturated heterocycles. The number of rotatable bonds is 3. The maximum absolute atomic E-state index is 13.4. The van der Waals surface area contributed by atoms with E-state index in [-0.39, 0.29) is 24.0 Å². The van der Waals surface area contributed by atoms with E-state index in [9.17, 15) is 23.2 Å². The normalized spacial score (nSPS) is 17.9. The molecule has 0 radical (unpaired) electrons. The molecule has 2 aliphatic heterocycles. The number of nitrogens with zero attached hydrogens (tertiary/aromatic N) is 4. The second-order valence-electron chi connectivity index (χ2n) is 6.34. The standard InChI is InChI=1S/C17H20F2N4O3/c1-12(24)20-4-6-21(7-5-20)16(25)11-22-8-9-23(17(22)26)13-2-3-14(18)15(19)10-13/h2-3,10H,4-9,11H2,1H3. The van der Waals surface area contributed by atoms with Crippen LogP contribution in [0, 0.1) is 11.6 Å². The van der Waals surface area contributed by atoms with Crippen molar-refractivity contribution in [3.05, 3.63) is 29.8 Å². The summed E-state index contributed by atoms with van der Waals surface area (Å²) in [6.45, 7) is 3.89. The zero-order chi connectivity index (χ0) is 18.8. The van der Waals surface area contributed by atoms with Gasteiger partial charge < -0.3 is 14.7 Å². The highest BCUT2D eigenvalue weighted by molar-refractivity contribution is 5.96. The van der Waals surface area contributed by atoms with Crippen LogP contribution in [-0.4, -0.2) is 78.4 Å². The molecular weight excluding hydrogens is 346 g/mol. The molecular formula is C17H20F2N4O3. The average molecular weight is 366 g/mol. The highest BCUT2D eigenvalue weighted by Gasteiger charge is 2.33. The first kappa shape index (κ1) is 18.1. The topological polar surface area (TPSA) is 64.2 Å². The molecule has 0 N–H and O–H groups in total. The second-order valence-corrected chi connectivity index (χ2v) is 6.34. The first-order valence-electron chi connectivity index (χ1n) is 8.41. The van der Waals surface area contributed by atoms with Crippen LogP contribution in [0.4, 0.5) is 19.3 Å². The van der Waals surface area contributed by atoms with Gasteiger partial charge in [-0.25, -0.2) is 13.6 Å². The predicted octanol–water partition coefficient (Wildman–Crippen LogP) is 0.897. The van der Waals surface area contributed by atoms with Crippen molar-refractivity contribution in [2.75, 3.05) is 50.7 Å². The smallest absolute Gasteiger partial charge is 0.325 e. The number of halogens is 2. The van der Waals surface area contributed by atoms with Gasteiger partial charge in [0.2, 0.25) is 11.8 Å². The number of anilines is 1. The molecule has 0 aliphatic carbocycles. The summed E-state index contributed by atoms with van der Waals surface area (Å²) in [6, 6.07) is 2.87. The van der Waals surface area contributed by atoms with Crippen LogP contribution in [0.1, 0.15) is 6.92 Å². The number of carbonyl (C=O) groups is 3. The molecule has 26 heavy (non-hydrogen) atoms. The lowest BCUT2D eigenvalue weighted by Crippen LogP contribution is -2.52. The van der Waals surface area contributed by atoms with E-state index in [4.69, 9.17) is 0 Å². The Hall–Kier alpha value is -2.71. The number of benzene rings is 1. The average Bonchev–Trinajstić information content (AvgIpc) is 2.98. The predicted molar refractivity (Wildman–Crippen MR) is 89.5 cm³/mol. The Balaban J connectivity index is 1.58. The molecule has 1 aromatic rings. The Labute approximate surface area is 149 Å². The van der Waals surface area contributed by atoms with E-state index in [1.54, 1.807) is 9.80 Å². The molecule has 0 saturated carbocycles. The number of hydrogen-bond acceptors (Lipinski definition) is 3. The van der Waals surface area contributed by atoms with E-state index in [1.165, 1.54) is 22.8 Å². The summed E-state index contributed by atoms with van der Waals surface area (Å²) in [6.07, 6.45) is 0. The SMILES string of the molecule is CC(=O)N1CCN(C(=O)CN2CCN(c3ccc(F)c(F)c3)C2=O)CC1. The Morgan fingerprint density at radius 2 is 1.62 bits per heavy atom. The minimum Gasteiger partial charge on any atom is -0.339 e. The van der Waals surface area contributed by atoms with Crippen molar-refractivity contribution >= 4 is 23.5 Å². The Morgan fingerprint density at radius 1 is 0.962 bits per heavy atom. The van der Waals surface area contributed by atoms with Crippen molar-refractivity contribution in [2.45, 2.75) is 6.92 Å². The van der Waals surface area contributed by atoms with Crippen LogP contribution in [0.2, 0.25) is 0 Å². The minimum atomic E-state index is -1.02. The maximum Gasteiger partial charge on any atom is 0.325 e. The number of hydrogen-bond donors (Lipinski definition) is 0. The van der Waals surface area contributed by atoms with Crippen LogP contribution in [0.3, 0.4) is 0 Å². The third kappa shape index (κ3) is 3.61. The number of piperazine rings is 1. The molecule has 140 valence electrons. The molecule has 3 rings (SSSR count). The molecule has 0 spiro atoms. The fourth-order valence-corrected chi connectivity index (χ4v) is 3.16. The molecule has 9 heteroatoms. The third-order valence-electron chi connectivity index (χ3n) is 4.71. The highest BCUT2D eigenvalue weighted by atomic mass is 19.2. The van der Waals surface area contributed by atoms with Gasteiger partial charge in [0.15, 0.2) is 11.6 Å². The summed E-state index contributed by atoms with van der Waals surface area (Å²) in [5.41, 5.74) is 0.263. The molecule has 7 nitrogen and oxygen atoms in total. The van der Waals surface area contributed by atoms with E-state index >= 15 is 0 Å². The van der Waals surface area contributed by atoms with Crippen molar-refractivity contribution in [3.8, 4) is 0 Å². The lowest BCUT2D eigenvalue weighted by atomic mass is 10.3. The van der Waals surface area contributed by atoms with Gasteiger partial charge in [-0.15, -0.1) is 0 Å². The molecule has 2 aliphatic rings. The third-order valence-corrected chi connectivity index (χ3v) is 4.71. The van der Waals surface area contributed by atoms with E-state index in [0.29, 0.717) is 39.3 Å². The largest absolute Gasteiger partial charge is 0.339 e. The van der Waals surface area contributed by atoms with Crippen LogP contribution in [0.15, 0.2) is 18.2 Å². The van der Waals surface area contributed by atoms with Crippen molar-refractivity contribution in [1.29, 1.82) is 0 Å². The van der Waals surface area contributed by atoms with Crippen molar-refractivity contribution in [3.63, 3.8) is 0 Å². The van der Waals surface area contributed by atoms with Crippen LogP contribution >= 0.6 is 0 Å². The monoisotopic (exact) mass is 366 g/mol. The lowest BCUT2D eigenvalue weighted by Gasteiger charge is -2.34. The van der Waals surface area contributed by atoms with Gasteiger partial charge in [-0.3, -0.25) is 14.5 Å². The van der Waals surface area contributed by atoms with Crippen LogP contribution in [-0.2, 0) is 9.59 Å². The van der Waals surface area contributed by atoms with E-state index in [2.05, 4.69) is 0 Å². The zero-order valence-corrected chi connectivity index (χ0v) is 14.5. The van der Waals surface area contributed by atoms with E-state index < -0.39 is 17.7 Å². The van der Waals surface area contributed by atoms with Gasteiger partial charge in [-0.1, -0.05) is 0 Å². The molecule has 2 heterocycles. The summed E-state index contributed by atoms with van der Waals surface area (Å²) in [7, 11) is 0. The Morgan fingerprint density at radius 3 is 2.23 bits per heavy atom. The molecule has 2 fully saturated rings. The van der Waals surface area contributed by atoms with Gasteiger partial charge in [-0.05, 0) is 12.1 Å². The summed E-state index contributed by atoms with van der Waals surface area (Å²) in [5.74, 6) is -2.20. The molecule has 0 aromatic heterocycles. The van der Waals surface area contributed by atoms with Gasteiger partial charge >= 0.3 is 6.03 Å². The molecule has 0 bridgehead atoms. The lowest BCUT2D eigenvalue weighted by molar-refractivity contribution is -0.138. The van der Waals surface area contributed by atoms with Crippen LogP contribution < -0.4 is 4.90 Å². The molecule has 0 unspecified atom stereocenters. The summed E-state index contributed by atoms with van der Waals surface area (Å²) >= 11 is 0.